The molecule has 0 unspecified atom stereocenters. The van der Waals surface area contributed by atoms with E-state index in [1.165, 1.54) is 0 Å². The predicted octanol–water partition coefficient (Wildman–Crippen LogP) is 0.873. The molecule has 4 heterocycles. The van der Waals surface area contributed by atoms with E-state index in [9.17, 15) is 4.79 Å². The number of rotatable bonds is 4. The fraction of sp³-hybridized carbons (Fsp3) is 0.312. The van der Waals surface area contributed by atoms with Crippen LogP contribution in [0.4, 0.5) is 0 Å². The minimum Gasteiger partial charge on any atom is -0.482 e. The number of nitrogens with one attached hydrogen (secondary N) is 2. The summed E-state index contributed by atoms with van der Waals surface area (Å²) < 4.78 is 13.0. The van der Waals surface area contributed by atoms with Crippen LogP contribution in [0, 0.1) is 0 Å². The minimum atomic E-state index is -0.257. The van der Waals surface area contributed by atoms with Gasteiger partial charge in [-0.05, 0) is 18.2 Å². The summed E-state index contributed by atoms with van der Waals surface area (Å²) in [5.41, 5.74) is 1.05. The van der Waals surface area contributed by atoms with Crippen LogP contribution in [0.5, 0.6) is 5.75 Å². The molecule has 0 aromatic carbocycles. The second-order valence-electron chi connectivity index (χ2n) is 5.74. The van der Waals surface area contributed by atoms with Gasteiger partial charge in [0.15, 0.2) is 5.75 Å². The van der Waals surface area contributed by atoms with Gasteiger partial charge < -0.3 is 19.8 Å². The zero-order valence-corrected chi connectivity index (χ0v) is 13.1. The molecule has 0 aliphatic carbocycles. The molecule has 0 saturated carbocycles. The highest BCUT2D eigenvalue weighted by atomic mass is 16.5. The largest absolute Gasteiger partial charge is 0.482 e. The van der Waals surface area contributed by atoms with Crippen LogP contribution < -0.4 is 10.1 Å². The highest BCUT2D eigenvalue weighted by Crippen LogP contribution is 2.17. The molecule has 2 N–H and O–H groups in total. The Morgan fingerprint density at radius 1 is 1.42 bits per heavy atom. The molecule has 3 aromatic heterocycles. The van der Waals surface area contributed by atoms with Crippen molar-refractivity contribution in [3.63, 3.8) is 0 Å². The summed E-state index contributed by atoms with van der Waals surface area (Å²) in [4.78, 5) is 19.8. The molecule has 0 bridgehead atoms. The summed E-state index contributed by atoms with van der Waals surface area (Å²) >= 11 is 0. The van der Waals surface area contributed by atoms with Crippen LogP contribution in [0.25, 0.3) is 11.0 Å². The Bertz CT molecular complexity index is 871. The third kappa shape index (κ3) is 2.83. The molecule has 4 rings (SSSR count). The Hall–Kier alpha value is -2.87. The molecule has 1 aliphatic heterocycles. The summed E-state index contributed by atoms with van der Waals surface area (Å²) in [7, 11) is 1.82. The zero-order valence-electron chi connectivity index (χ0n) is 13.1. The van der Waals surface area contributed by atoms with E-state index in [2.05, 4.69) is 20.4 Å². The third-order valence-electron chi connectivity index (χ3n) is 3.96. The highest BCUT2D eigenvalue weighted by molar-refractivity contribution is 5.94. The van der Waals surface area contributed by atoms with Gasteiger partial charge in [-0.1, -0.05) is 0 Å². The number of fused-ring (bicyclic) bond motifs is 1. The number of aromatic nitrogens is 4. The van der Waals surface area contributed by atoms with Gasteiger partial charge >= 0.3 is 0 Å². The smallest absolute Gasteiger partial charge is 0.270 e. The van der Waals surface area contributed by atoms with Crippen molar-refractivity contribution in [1.82, 2.24) is 25.1 Å². The van der Waals surface area contributed by atoms with Crippen LogP contribution in [0.15, 0.2) is 36.8 Å². The van der Waals surface area contributed by atoms with Crippen LogP contribution in [0.2, 0.25) is 0 Å². The fourth-order valence-electron chi connectivity index (χ4n) is 2.72. The molecule has 2 atom stereocenters. The first kappa shape index (κ1) is 14.7. The number of amides is 1. The van der Waals surface area contributed by atoms with E-state index < -0.39 is 0 Å². The summed E-state index contributed by atoms with van der Waals surface area (Å²) in [6, 6.07) is 5.24. The van der Waals surface area contributed by atoms with Crippen LogP contribution in [-0.2, 0) is 11.8 Å². The van der Waals surface area contributed by atoms with E-state index in [1.54, 1.807) is 29.3 Å². The van der Waals surface area contributed by atoms with Crippen LogP contribution >= 0.6 is 0 Å². The van der Waals surface area contributed by atoms with Crippen molar-refractivity contribution in [3.05, 3.63) is 42.5 Å². The topological polar surface area (TPSA) is 94.1 Å². The molecule has 1 saturated heterocycles. The number of pyridine rings is 1. The molecule has 8 heteroatoms. The summed E-state index contributed by atoms with van der Waals surface area (Å²) in [5, 5.41) is 7.97. The fourth-order valence-corrected chi connectivity index (χ4v) is 2.72. The average molecular weight is 327 g/mol. The lowest BCUT2D eigenvalue weighted by Crippen LogP contribution is -2.45. The van der Waals surface area contributed by atoms with Gasteiger partial charge in [0.1, 0.15) is 17.4 Å². The molecule has 124 valence electrons. The van der Waals surface area contributed by atoms with Crippen LogP contribution in [0.1, 0.15) is 10.5 Å². The Labute approximate surface area is 137 Å². The Morgan fingerprint density at radius 2 is 2.33 bits per heavy atom. The SMILES string of the molecule is Cn1cc(O[C@@H]2COC[C@@H]2NC(=O)c2ccc3cc[nH]c3n2)cn1. The van der Waals surface area contributed by atoms with Crippen molar-refractivity contribution in [2.24, 2.45) is 7.05 Å². The van der Waals surface area contributed by atoms with Gasteiger partial charge in [0, 0.05) is 18.6 Å². The second kappa shape index (κ2) is 5.97. The molecule has 3 aromatic rings. The number of carbonyl (C=O) groups is 1. The summed E-state index contributed by atoms with van der Waals surface area (Å²) in [6.07, 6.45) is 4.95. The number of aryl methyl sites for hydroxylation is 1. The van der Waals surface area contributed by atoms with E-state index in [1.807, 2.05) is 19.2 Å². The number of H-pyrrole nitrogens is 1. The first-order valence-corrected chi connectivity index (χ1v) is 7.67. The maximum atomic E-state index is 12.5. The molecule has 1 fully saturated rings. The molecule has 1 aliphatic rings. The van der Waals surface area contributed by atoms with Crippen molar-refractivity contribution in [2.45, 2.75) is 12.1 Å². The monoisotopic (exact) mass is 327 g/mol. The standard InChI is InChI=1S/C16H17N5O3/c1-21-7-11(6-18-21)24-14-9-23-8-13(14)20-16(22)12-3-2-10-4-5-17-15(10)19-12/h2-7,13-14H,8-9H2,1H3,(H,17,19)(H,20,22)/t13-,14+/m0/s1. The van der Waals surface area contributed by atoms with E-state index in [0.29, 0.717) is 30.3 Å². The quantitative estimate of drug-likeness (QED) is 0.742. The van der Waals surface area contributed by atoms with Gasteiger partial charge in [-0.2, -0.15) is 5.10 Å². The molecular weight excluding hydrogens is 310 g/mol. The lowest BCUT2D eigenvalue weighted by Gasteiger charge is -2.19. The zero-order chi connectivity index (χ0) is 16.5. The second-order valence-corrected chi connectivity index (χ2v) is 5.74. The summed E-state index contributed by atoms with van der Waals surface area (Å²) in [6.45, 7) is 0.824. The summed E-state index contributed by atoms with van der Waals surface area (Å²) in [5.74, 6) is 0.403. The number of ether oxygens (including phenoxy) is 2. The lowest BCUT2D eigenvalue weighted by atomic mass is 10.2. The molecular formula is C16H17N5O3. The van der Waals surface area contributed by atoms with Crippen molar-refractivity contribution >= 4 is 16.9 Å². The Balaban J connectivity index is 1.45. The number of hydrogen-bond acceptors (Lipinski definition) is 5. The normalized spacial score (nSPS) is 20.4. The maximum Gasteiger partial charge on any atom is 0.270 e. The average Bonchev–Trinajstić information content (AvgIpc) is 3.29. The Kier molecular flexibility index (Phi) is 3.66. The van der Waals surface area contributed by atoms with Crippen molar-refractivity contribution in [2.75, 3.05) is 13.2 Å². The van der Waals surface area contributed by atoms with Gasteiger partial charge in [0.05, 0.1) is 31.6 Å². The van der Waals surface area contributed by atoms with Crippen molar-refractivity contribution in [3.8, 4) is 5.75 Å². The number of nitrogens with zero attached hydrogens (tertiary/aromatic N) is 3. The van der Waals surface area contributed by atoms with Crippen LogP contribution in [-0.4, -0.2) is 51.0 Å². The van der Waals surface area contributed by atoms with Crippen LogP contribution in [0.3, 0.4) is 0 Å². The van der Waals surface area contributed by atoms with E-state index in [-0.39, 0.29) is 18.1 Å². The third-order valence-corrected chi connectivity index (χ3v) is 3.96. The van der Waals surface area contributed by atoms with Gasteiger partial charge in [-0.3, -0.25) is 9.48 Å². The van der Waals surface area contributed by atoms with Gasteiger partial charge in [-0.15, -0.1) is 0 Å². The minimum absolute atomic E-state index is 0.237. The van der Waals surface area contributed by atoms with Crippen molar-refractivity contribution < 1.29 is 14.3 Å². The number of aromatic amines is 1. The first-order valence-electron chi connectivity index (χ1n) is 7.67. The van der Waals surface area contributed by atoms with Crippen molar-refractivity contribution in [1.29, 1.82) is 0 Å². The lowest BCUT2D eigenvalue weighted by molar-refractivity contribution is 0.0899. The van der Waals surface area contributed by atoms with E-state index in [0.717, 1.165) is 5.39 Å². The van der Waals surface area contributed by atoms with E-state index in [4.69, 9.17) is 9.47 Å². The number of carbonyl (C=O) groups excluding carboxylic acids is 1. The first-order chi connectivity index (χ1) is 11.7. The molecule has 0 spiro atoms. The highest BCUT2D eigenvalue weighted by Gasteiger charge is 2.32. The molecule has 1 amide bonds. The number of hydrogen-bond donors (Lipinski definition) is 2. The maximum absolute atomic E-state index is 12.5. The van der Waals surface area contributed by atoms with Gasteiger partial charge in [0.2, 0.25) is 0 Å². The van der Waals surface area contributed by atoms with Gasteiger partial charge in [0.25, 0.3) is 5.91 Å². The molecule has 8 nitrogen and oxygen atoms in total. The molecule has 0 radical (unpaired) electrons. The Morgan fingerprint density at radius 3 is 3.17 bits per heavy atom. The molecule has 24 heavy (non-hydrogen) atoms. The predicted molar refractivity (Wildman–Crippen MR) is 85.8 cm³/mol. The van der Waals surface area contributed by atoms with Gasteiger partial charge in [-0.25, -0.2) is 4.98 Å². The van der Waals surface area contributed by atoms with E-state index >= 15 is 0 Å².